The van der Waals surface area contributed by atoms with Crippen molar-refractivity contribution in [3.8, 4) is 0 Å². The molecule has 9 heteroatoms. The number of ketones is 4. The van der Waals surface area contributed by atoms with Gasteiger partial charge in [-0.25, -0.2) is 4.18 Å². The highest BCUT2D eigenvalue weighted by Crippen LogP contribution is 2.06. The van der Waals surface area contributed by atoms with Crippen molar-refractivity contribution in [2.75, 3.05) is 13.7 Å². The molecule has 0 aromatic heterocycles. The minimum atomic E-state index is -3.99. The molecule has 0 N–H and O–H groups in total. The number of Topliss-reactive ketones (excluding diaryl/α,β-unsaturated/α-hetero) is 4. The van der Waals surface area contributed by atoms with Crippen molar-refractivity contribution in [3.05, 3.63) is 0 Å². The van der Waals surface area contributed by atoms with Crippen LogP contribution < -0.4 is 0 Å². The number of rotatable bonds is 15. The van der Waals surface area contributed by atoms with Gasteiger partial charge in [0.1, 0.15) is 23.1 Å². The van der Waals surface area contributed by atoms with Crippen LogP contribution in [0.5, 0.6) is 0 Å². The van der Waals surface area contributed by atoms with E-state index < -0.39 is 10.4 Å². The number of carbonyl (C=O) groups excluding carboxylic acids is 4. The van der Waals surface area contributed by atoms with Crippen molar-refractivity contribution in [1.82, 2.24) is 0 Å². The number of hydrogen-bond donors (Lipinski definition) is 0. The summed E-state index contributed by atoms with van der Waals surface area (Å²) in [5.41, 5.74) is 0. The summed E-state index contributed by atoms with van der Waals surface area (Å²) < 4.78 is 30.2. The van der Waals surface area contributed by atoms with Crippen molar-refractivity contribution in [3.63, 3.8) is 0 Å². The molecular weight excluding hydrogens is 340 g/mol. The van der Waals surface area contributed by atoms with E-state index in [-0.39, 0.29) is 81.1 Å². The van der Waals surface area contributed by atoms with Crippen LogP contribution in [0.15, 0.2) is 0 Å². The molecule has 0 amide bonds. The zero-order chi connectivity index (χ0) is 18.6. The number of carbonyl (C=O) groups is 4. The molecule has 138 valence electrons. The first-order valence-corrected chi connectivity index (χ1v) is 8.99. The van der Waals surface area contributed by atoms with Crippen molar-refractivity contribution in [1.29, 1.82) is 0 Å². The minimum Gasteiger partial charge on any atom is -0.300 e. The van der Waals surface area contributed by atoms with Gasteiger partial charge in [-0.3, -0.25) is 18.6 Å². The molecule has 0 radical (unpaired) electrons. The van der Waals surface area contributed by atoms with Gasteiger partial charge in [0, 0.05) is 44.9 Å². The topological polar surface area (TPSA) is 121 Å². The Morgan fingerprint density at radius 2 is 1.17 bits per heavy atom. The summed E-state index contributed by atoms with van der Waals surface area (Å²) in [5.74, 6) is -0.564. The van der Waals surface area contributed by atoms with E-state index in [4.69, 9.17) is 0 Å². The second kappa shape index (κ2) is 12.0. The van der Waals surface area contributed by atoms with Gasteiger partial charge in [0.15, 0.2) is 0 Å². The van der Waals surface area contributed by atoms with E-state index in [0.717, 1.165) is 7.11 Å². The average Bonchev–Trinajstić information content (AvgIpc) is 2.53. The Kier molecular flexibility index (Phi) is 11.3. The molecule has 8 nitrogen and oxygen atoms in total. The van der Waals surface area contributed by atoms with Gasteiger partial charge < -0.3 is 4.79 Å². The fraction of sp³-hybridized carbons (Fsp3) is 0.733. The minimum absolute atomic E-state index is 0.0516. The summed E-state index contributed by atoms with van der Waals surface area (Å²) in [6.45, 7) is 1.24. The van der Waals surface area contributed by atoms with E-state index >= 15 is 0 Å². The average molecular weight is 364 g/mol. The SMILES string of the molecule is COS(=O)(=O)OCCCC(=O)CCC(=O)CCC(=O)CCC(C)=O. The van der Waals surface area contributed by atoms with Crippen LogP contribution in [0.3, 0.4) is 0 Å². The lowest BCUT2D eigenvalue weighted by atomic mass is 10.0. The molecule has 0 aromatic carbocycles. The third kappa shape index (κ3) is 13.0. The van der Waals surface area contributed by atoms with E-state index in [2.05, 4.69) is 8.37 Å². The maximum Gasteiger partial charge on any atom is 0.399 e. The van der Waals surface area contributed by atoms with Crippen LogP contribution >= 0.6 is 0 Å². The zero-order valence-electron chi connectivity index (χ0n) is 14.0. The Morgan fingerprint density at radius 3 is 1.58 bits per heavy atom. The Bertz CT molecular complexity index is 550. The van der Waals surface area contributed by atoms with Crippen LogP contribution in [-0.4, -0.2) is 45.3 Å². The van der Waals surface area contributed by atoms with E-state index in [0.29, 0.717) is 0 Å². The second-order valence-corrected chi connectivity index (χ2v) is 6.70. The van der Waals surface area contributed by atoms with Gasteiger partial charge in [0.05, 0.1) is 13.7 Å². The standard InChI is InChI=1S/C15H24O8S/c1-12(16)5-6-14(18)9-10-15(19)8-7-13(17)4-3-11-23-24(20,21)22-2/h3-11H2,1-2H3. The summed E-state index contributed by atoms with van der Waals surface area (Å²) >= 11 is 0. The Morgan fingerprint density at radius 1 is 0.750 bits per heavy atom. The molecular formula is C15H24O8S. The monoisotopic (exact) mass is 364 g/mol. The molecule has 0 atom stereocenters. The molecule has 0 aliphatic carbocycles. The van der Waals surface area contributed by atoms with E-state index in [1.165, 1.54) is 6.92 Å². The van der Waals surface area contributed by atoms with Gasteiger partial charge in [-0.05, 0) is 13.3 Å². The quantitative estimate of drug-likeness (QED) is 0.399. The van der Waals surface area contributed by atoms with Gasteiger partial charge in [-0.2, -0.15) is 8.42 Å². The summed E-state index contributed by atoms with van der Waals surface area (Å²) in [6, 6.07) is 0. The van der Waals surface area contributed by atoms with Crippen molar-refractivity contribution >= 4 is 33.5 Å². The Hall–Kier alpha value is -1.45. The number of hydrogen-bond acceptors (Lipinski definition) is 8. The molecule has 0 rings (SSSR count). The van der Waals surface area contributed by atoms with Gasteiger partial charge in [-0.15, -0.1) is 0 Å². The van der Waals surface area contributed by atoms with E-state index in [9.17, 15) is 27.6 Å². The van der Waals surface area contributed by atoms with Gasteiger partial charge in [0.2, 0.25) is 0 Å². The van der Waals surface area contributed by atoms with Crippen LogP contribution in [-0.2, 0) is 37.9 Å². The molecule has 0 aromatic rings. The summed E-state index contributed by atoms with van der Waals surface area (Å²) in [5, 5.41) is 0. The van der Waals surface area contributed by atoms with Crippen molar-refractivity contribution in [2.24, 2.45) is 0 Å². The van der Waals surface area contributed by atoms with Crippen LogP contribution in [0.1, 0.15) is 58.3 Å². The predicted octanol–water partition coefficient (Wildman–Crippen LogP) is 1.31. The molecule has 0 saturated heterocycles. The van der Waals surface area contributed by atoms with Gasteiger partial charge >= 0.3 is 10.4 Å². The lowest BCUT2D eigenvalue weighted by Crippen LogP contribution is -2.10. The second-order valence-electron chi connectivity index (χ2n) is 5.32. The maximum atomic E-state index is 11.6. The zero-order valence-corrected chi connectivity index (χ0v) is 14.9. The highest BCUT2D eigenvalue weighted by Gasteiger charge is 2.12. The first-order valence-electron chi connectivity index (χ1n) is 7.65. The van der Waals surface area contributed by atoms with Crippen LogP contribution in [0.4, 0.5) is 0 Å². The molecule has 0 bridgehead atoms. The Labute approximate surface area is 142 Å². The smallest absolute Gasteiger partial charge is 0.300 e. The third-order valence-electron chi connectivity index (χ3n) is 3.15. The third-order valence-corrected chi connectivity index (χ3v) is 4.02. The molecule has 0 heterocycles. The maximum absolute atomic E-state index is 11.6. The molecule has 0 fully saturated rings. The first kappa shape index (κ1) is 22.6. The largest absolute Gasteiger partial charge is 0.399 e. The van der Waals surface area contributed by atoms with Crippen molar-refractivity contribution < 1.29 is 36.0 Å². The van der Waals surface area contributed by atoms with Gasteiger partial charge in [-0.1, -0.05) is 0 Å². The highest BCUT2D eigenvalue weighted by molar-refractivity contribution is 7.81. The molecule has 0 aliphatic heterocycles. The van der Waals surface area contributed by atoms with E-state index in [1.54, 1.807) is 0 Å². The summed E-state index contributed by atoms with van der Waals surface area (Å²) in [6.07, 6.45) is 0.900. The molecule has 0 aliphatic rings. The molecule has 0 unspecified atom stereocenters. The Balaban J connectivity index is 3.77. The summed E-state index contributed by atoms with van der Waals surface area (Å²) in [4.78, 5) is 45.3. The lowest BCUT2D eigenvalue weighted by molar-refractivity contribution is -0.126. The lowest BCUT2D eigenvalue weighted by Gasteiger charge is -2.03. The molecule has 0 saturated carbocycles. The summed E-state index contributed by atoms with van der Waals surface area (Å²) in [7, 11) is -3.02. The normalized spacial score (nSPS) is 11.2. The van der Waals surface area contributed by atoms with Crippen molar-refractivity contribution in [2.45, 2.75) is 58.3 Å². The molecule has 24 heavy (non-hydrogen) atoms. The van der Waals surface area contributed by atoms with E-state index in [1.807, 2.05) is 0 Å². The van der Waals surface area contributed by atoms with Crippen LogP contribution in [0.2, 0.25) is 0 Å². The fourth-order valence-electron chi connectivity index (χ4n) is 1.73. The highest BCUT2D eigenvalue weighted by atomic mass is 32.3. The predicted molar refractivity (Wildman–Crippen MR) is 84.5 cm³/mol. The van der Waals surface area contributed by atoms with Crippen LogP contribution in [0.25, 0.3) is 0 Å². The first-order chi connectivity index (χ1) is 11.2. The van der Waals surface area contributed by atoms with Gasteiger partial charge in [0.25, 0.3) is 0 Å². The molecule has 0 spiro atoms. The fourth-order valence-corrected chi connectivity index (χ4v) is 2.14. The van der Waals surface area contributed by atoms with Crippen LogP contribution in [0, 0.1) is 0 Å².